The highest BCUT2D eigenvalue weighted by atomic mass is 35.5. The van der Waals surface area contributed by atoms with E-state index in [1.807, 2.05) is 6.92 Å². The van der Waals surface area contributed by atoms with Gasteiger partial charge in [-0.15, -0.1) is 11.3 Å². The summed E-state index contributed by atoms with van der Waals surface area (Å²) in [5, 5.41) is 0.205. The highest BCUT2D eigenvalue weighted by Crippen LogP contribution is 2.44. The normalized spacial score (nSPS) is 27.6. The summed E-state index contributed by atoms with van der Waals surface area (Å²) in [5.74, 6) is -3.96. The summed E-state index contributed by atoms with van der Waals surface area (Å²) in [4.78, 5) is 16.4. The van der Waals surface area contributed by atoms with Crippen molar-refractivity contribution in [3.63, 3.8) is 0 Å². The summed E-state index contributed by atoms with van der Waals surface area (Å²) < 4.78 is 33.4. The van der Waals surface area contributed by atoms with Crippen LogP contribution in [0.2, 0.25) is 0 Å². The average molecular weight is 332 g/mol. The molecule has 1 saturated heterocycles. The summed E-state index contributed by atoms with van der Waals surface area (Å²) in [7, 11) is 0. The van der Waals surface area contributed by atoms with Gasteiger partial charge < -0.3 is 4.74 Å². The number of rotatable bonds is 2. The van der Waals surface area contributed by atoms with Crippen molar-refractivity contribution in [1.82, 2.24) is 0 Å². The quantitative estimate of drug-likeness (QED) is 0.604. The third-order valence-electron chi connectivity index (χ3n) is 3.71. The molecule has 3 nitrogen and oxygen atoms in total. The highest BCUT2D eigenvalue weighted by molar-refractivity contribution is 7.13. The molecule has 0 amide bonds. The number of aryl methyl sites for hydroxylation is 1. The first-order valence-electron chi connectivity index (χ1n) is 6.41. The van der Waals surface area contributed by atoms with Gasteiger partial charge in [0.25, 0.3) is 5.92 Å². The van der Waals surface area contributed by atoms with Crippen molar-refractivity contribution < 1.29 is 18.3 Å². The lowest BCUT2D eigenvalue weighted by Gasteiger charge is -2.38. The van der Waals surface area contributed by atoms with Gasteiger partial charge in [0.2, 0.25) is 0 Å². The molecule has 2 aliphatic heterocycles. The van der Waals surface area contributed by atoms with Gasteiger partial charge >= 0.3 is 0 Å². The molecule has 1 fully saturated rings. The van der Waals surface area contributed by atoms with Crippen LogP contribution in [0.3, 0.4) is 0 Å². The van der Waals surface area contributed by atoms with Crippen molar-refractivity contribution in [2.24, 2.45) is 10.9 Å². The standard InChI is InChI=1S/C14H12ClF2NO2S/c1-7-9(4-8(5-19)21-7)13-12-10(2-3-11(15)18-12)14(16,17)6-20-13/h3-5,10,13H,2,6H2,1H3. The van der Waals surface area contributed by atoms with E-state index >= 15 is 0 Å². The second-order valence-electron chi connectivity index (χ2n) is 5.08. The Morgan fingerprint density at radius 2 is 2.33 bits per heavy atom. The highest BCUT2D eigenvalue weighted by Gasteiger charge is 2.51. The molecule has 0 saturated carbocycles. The Labute approximate surface area is 129 Å². The molecule has 112 valence electrons. The molecular formula is C14H12ClF2NO2S. The van der Waals surface area contributed by atoms with E-state index in [4.69, 9.17) is 16.3 Å². The zero-order chi connectivity index (χ0) is 15.2. The van der Waals surface area contributed by atoms with Gasteiger partial charge in [-0.25, -0.2) is 13.8 Å². The van der Waals surface area contributed by atoms with Crippen LogP contribution in [-0.2, 0) is 4.74 Å². The van der Waals surface area contributed by atoms with Crippen LogP contribution in [0, 0.1) is 12.8 Å². The SMILES string of the molecule is Cc1sc(C=O)cc1C1OCC(F)(F)C2CC=C(Cl)N=C12. The van der Waals surface area contributed by atoms with Gasteiger partial charge in [0.15, 0.2) is 6.29 Å². The number of nitrogens with zero attached hydrogens (tertiary/aromatic N) is 1. The number of thiophene rings is 1. The molecule has 21 heavy (non-hydrogen) atoms. The van der Waals surface area contributed by atoms with Crippen LogP contribution in [0.25, 0.3) is 0 Å². The molecule has 0 N–H and O–H groups in total. The lowest BCUT2D eigenvalue weighted by molar-refractivity contribution is -0.130. The third kappa shape index (κ3) is 2.56. The van der Waals surface area contributed by atoms with Gasteiger partial charge in [-0.05, 0) is 25.5 Å². The fourth-order valence-electron chi connectivity index (χ4n) is 2.68. The molecule has 0 aliphatic carbocycles. The number of carbonyl (C=O) groups excluding carboxylic acids is 1. The number of alkyl halides is 2. The molecule has 7 heteroatoms. The van der Waals surface area contributed by atoms with Gasteiger partial charge in [-0.1, -0.05) is 11.6 Å². The van der Waals surface area contributed by atoms with E-state index < -0.39 is 24.6 Å². The van der Waals surface area contributed by atoms with E-state index in [-0.39, 0.29) is 17.3 Å². The fourth-order valence-corrected chi connectivity index (χ4v) is 3.74. The first kappa shape index (κ1) is 14.8. The summed E-state index contributed by atoms with van der Waals surface area (Å²) in [6.07, 6.45) is 1.73. The second kappa shape index (κ2) is 5.26. The van der Waals surface area contributed by atoms with Crippen LogP contribution >= 0.6 is 22.9 Å². The molecule has 3 heterocycles. The van der Waals surface area contributed by atoms with Gasteiger partial charge in [0.05, 0.1) is 16.5 Å². The number of halogens is 3. The maximum absolute atomic E-state index is 14.0. The minimum atomic E-state index is -2.96. The van der Waals surface area contributed by atoms with Crippen molar-refractivity contribution in [3.8, 4) is 0 Å². The Hall–Kier alpha value is -1.11. The number of aliphatic imine (C=N–C) groups is 1. The van der Waals surface area contributed by atoms with E-state index in [0.717, 1.165) is 11.2 Å². The molecule has 2 atom stereocenters. The van der Waals surface area contributed by atoms with Crippen LogP contribution in [0.15, 0.2) is 22.3 Å². The number of allylic oxidation sites excluding steroid dienone is 1. The summed E-state index contributed by atoms with van der Waals surface area (Å²) >= 11 is 7.18. The topological polar surface area (TPSA) is 38.7 Å². The molecule has 1 aromatic heterocycles. The molecule has 2 unspecified atom stereocenters. The Bertz CT molecular complexity index is 653. The minimum Gasteiger partial charge on any atom is -0.361 e. The first-order valence-corrected chi connectivity index (χ1v) is 7.61. The molecule has 0 aromatic carbocycles. The molecule has 0 spiro atoms. The van der Waals surface area contributed by atoms with Crippen LogP contribution in [0.4, 0.5) is 8.78 Å². The molecular weight excluding hydrogens is 320 g/mol. The predicted octanol–water partition coefficient (Wildman–Crippen LogP) is 4.12. The zero-order valence-electron chi connectivity index (χ0n) is 11.1. The van der Waals surface area contributed by atoms with Crippen molar-refractivity contribution in [3.05, 3.63) is 32.6 Å². The summed E-state index contributed by atoms with van der Waals surface area (Å²) in [6.45, 7) is 1.18. The van der Waals surface area contributed by atoms with Crippen LogP contribution in [0.1, 0.15) is 32.6 Å². The Morgan fingerprint density at radius 3 is 3.00 bits per heavy atom. The molecule has 3 rings (SSSR count). The minimum absolute atomic E-state index is 0.147. The number of fused-ring (bicyclic) bond motifs is 1. The number of aldehydes is 1. The lowest BCUT2D eigenvalue weighted by Crippen LogP contribution is -2.47. The van der Waals surface area contributed by atoms with Crippen molar-refractivity contribution in [2.45, 2.75) is 25.4 Å². The fraction of sp³-hybridized carbons (Fsp3) is 0.429. The number of ether oxygens (including phenoxy) is 1. The van der Waals surface area contributed by atoms with Crippen molar-refractivity contribution >= 4 is 34.9 Å². The third-order valence-corrected chi connectivity index (χ3v) is 4.94. The maximum Gasteiger partial charge on any atom is 0.279 e. The largest absolute Gasteiger partial charge is 0.361 e. The lowest BCUT2D eigenvalue weighted by atomic mass is 9.83. The van der Waals surface area contributed by atoms with Gasteiger partial charge in [-0.3, -0.25) is 4.79 Å². The maximum atomic E-state index is 14.0. The number of hydrogen-bond donors (Lipinski definition) is 0. The van der Waals surface area contributed by atoms with Crippen LogP contribution in [0.5, 0.6) is 0 Å². The van der Waals surface area contributed by atoms with Gasteiger partial charge in [0.1, 0.15) is 17.9 Å². The van der Waals surface area contributed by atoms with E-state index in [0.29, 0.717) is 10.4 Å². The van der Waals surface area contributed by atoms with E-state index in [9.17, 15) is 13.6 Å². The van der Waals surface area contributed by atoms with Gasteiger partial charge in [-0.2, -0.15) is 0 Å². The van der Waals surface area contributed by atoms with Crippen molar-refractivity contribution in [2.75, 3.05) is 6.61 Å². The van der Waals surface area contributed by atoms with Crippen molar-refractivity contribution in [1.29, 1.82) is 0 Å². The second-order valence-corrected chi connectivity index (χ2v) is 6.76. The monoisotopic (exact) mass is 331 g/mol. The predicted molar refractivity (Wildman–Crippen MR) is 77.6 cm³/mol. The number of carbonyl (C=O) groups is 1. The number of hydrogen-bond acceptors (Lipinski definition) is 4. The zero-order valence-corrected chi connectivity index (χ0v) is 12.7. The van der Waals surface area contributed by atoms with E-state index in [1.54, 1.807) is 6.07 Å². The van der Waals surface area contributed by atoms with E-state index in [1.165, 1.54) is 17.4 Å². The van der Waals surface area contributed by atoms with E-state index in [2.05, 4.69) is 4.99 Å². The summed E-state index contributed by atoms with van der Waals surface area (Å²) in [6, 6.07) is 1.67. The molecule has 2 aliphatic rings. The Balaban J connectivity index is 2.04. The first-order chi connectivity index (χ1) is 9.92. The smallest absolute Gasteiger partial charge is 0.279 e. The van der Waals surface area contributed by atoms with Crippen LogP contribution in [-0.4, -0.2) is 24.5 Å². The molecule has 0 radical (unpaired) electrons. The van der Waals surface area contributed by atoms with Crippen LogP contribution < -0.4 is 0 Å². The summed E-state index contributed by atoms with van der Waals surface area (Å²) in [5.41, 5.74) is 0.963. The van der Waals surface area contributed by atoms with Gasteiger partial charge in [0, 0.05) is 10.4 Å². The molecule has 1 aromatic rings. The Kier molecular flexibility index (Phi) is 3.71. The average Bonchev–Trinajstić information content (AvgIpc) is 2.80. The molecule has 0 bridgehead atoms. The Morgan fingerprint density at radius 1 is 1.57 bits per heavy atom.